The zero-order valence-electron chi connectivity index (χ0n) is 10.6. The van der Waals surface area contributed by atoms with Gasteiger partial charge in [0, 0.05) is 5.25 Å². The molecule has 0 radical (unpaired) electrons. The third kappa shape index (κ3) is 3.90. The molecule has 2 rings (SSSR count). The highest BCUT2D eigenvalue weighted by molar-refractivity contribution is 8.01. The van der Waals surface area contributed by atoms with E-state index in [0.29, 0.717) is 11.2 Å². The number of carboxylic acid groups (broad SMARTS) is 1. The third-order valence-corrected chi connectivity index (χ3v) is 5.95. The molecule has 3 heteroatoms. The molecule has 2 aliphatic rings. The van der Waals surface area contributed by atoms with E-state index in [1.54, 1.807) is 11.8 Å². The smallest absolute Gasteiger partial charge is 0.316 e. The van der Waals surface area contributed by atoms with Crippen LogP contribution in [0.1, 0.15) is 64.2 Å². The Morgan fingerprint density at radius 1 is 0.941 bits per heavy atom. The quantitative estimate of drug-likeness (QED) is 0.770. The number of aliphatic carboxylic acids is 1. The van der Waals surface area contributed by atoms with Crippen molar-refractivity contribution in [2.45, 2.75) is 74.7 Å². The first-order chi connectivity index (χ1) is 8.27. The highest BCUT2D eigenvalue weighted by atomic mass is 32.2. The van der Waals surface area contributed by atoms with Gasteiger partial charge in [-0.15, -0.1) is 11.8 Å². The average molecular weight is 256 g/mol. The van der Waals surface area contributed by atoms with Crippen molar-refractivity contribution in [1.82, 2.24) is 0 Å². The van der Waals surface area contributed by atoms with Crippen LogP contribution in [0.2, 0.25) is 0 Å². The molecule has 0 aliphatic heterocycles. The predicted octanol–water partition coefficient (Wildman–Crippen LogP) is 4.09. The van der Waals surface area contributed by atoms with Crippen molar-refractivity contribution >= 4 is 17.7 Å². The summed E-state index contributed by atoms with van der Waals surface area (Å²) in [6.45, 7) is 0. The number of carbonyl (C=O) groups is 1. The molecule has 0 amide bonds. The van der Waals surface area contributed by atoms with Crippen molar-refractivity contribution in [2.24, 2.45) is 5.92 Å². The number of rotatable bonds is 4. The molecule has 0 aromatic heterocycles. The summed E-state index contributed by atoms with van der Waals surface area (Å²) in [5.74, 6) is -0.130. The molecule has 0 aromatic carbocycles. The molecule has 1 N–H and O–H groups in total. The van der Waals surface area contributed by atoms with Gasteiger partial charge in [0.1, 0.15) is 5.25 Å². The summed E-state index contributed by atoms with van der Waals surface area (Å²) in [6, 6.07) is 0. The van der Waals surface area contributed by atoms with Gasteiger partial charge in [0.25, 0.3) is 0 Å². The molecule has 0 heterocycles. The zero-order chi connectivity index (χ0) is 12.1. The van der Waals surface area contributed by atoms with E-state index >= 15 is 0 Å². The van der Waals surface area contributed by atoms with Crippen LogP contribution < -0.4 is 0 Å². The van der Waals surface area contributed by atoms with Gasteiger partial charge in [-0.05, 0) is 31.6 Å². The molecule has 0 bridgehead atoms. The van der Waals surface area contributed by atoms with Crippen LogP contribution in [0.5, 0.6) is 0 Å². The van der Waals surface area contributed by atoms with E-state index in [1.807, 2.05) is 0 Å². The van der Waals surface area contributed by atoms with Gasteiger partial charge >= 0.3 is 5.97 Å². The first-order valence-corrected chi connectivity index (χ1v) is 8.10. The predicted molar refractivity (Wildman–Crippen MR) is 72.5 cm³/mol. The minimum absolute atomic E-state index is 0.129. The standard InChI is InChI=1S/C14H24O2S/c15-14(16)13(17-12-9-5-6-10-12)11-7-3-1-2-4-8-11/h11-13H,1-10H2,(H,15,16). The second-order valence-corrected chi connectivity index (χ2v) is 7.00. The summed E-state index contributed by atoms with van der Waals surface area (Å²) in [7, 11) is 0. The molecule has 0 aromatic rings. The van der Waals surface area contributed by atoms with Gasteiger partial charge in [0.15, 0.2) is 0 Å². The first kappa shape index (κ1) is 13.3. The molecule has 0 spiro atoms. The lowest BCUT2D eigenvalue weighted by Crippen LogP contribution is -2.28. The second kappa shape index (κ2) is 6.67. The fourth-order valence-corrected chi connectivity index (χ4v) is 4.85. The Kier molecular flexibility index (Phi) is 5.20. The Labute approximate surface area is 109 Å². The van der Waals surface area contributed by atoms with Crippen LogP contribution in [0, 0.1) is 5.92 Å². The Hall–Kier alpha value is -0.180. The molecule has 1 atom stereocenters. The average Bonchev–Trinajstić information content (AvgIpc) is 2.67. The molecular formula is C14H24O2S. The van der Waals surface area contributed by atoms with Crippen LogP contribution >= 0.6 is 11.8 Å². The molecule has 2 aliphatic carbocycles. The van der Waals surface area contributed by atoms with Gasteiger partial charge < -0.3 is 5.11 Å². The van der Waals surface area contributed by atoms with E-state index in [-0.39, 0.29) is 5.25 Å². The van der Waals surface area contributed by atoms with E-state index in [4.69, 9.17) is 0 Å². The van der Waals surface area contributed by atoms with Gasteiger partial charge in [0.05, 0.1) is 0 Å². The van der Waals surface area contributed by atoms with Gasteiger partial charge in [-0.25, -0.2) is 0 Å². The summed E-state index contributed by atoms with van der Waals surface area (Å²) in [5.41, 5.74) is 0. The van der Waals surface area contributed by atoms with Gasteiger partial charge in [0.2, 0.25) is 0 Å². The minimum Gasteiger partial charge on any atom is -0.480 e. The Bertz CT molecular complexity index is 241. The van der Waals surface area contributed by atoms with Crippen molar-refractivity contribution in [3.8, 4) is 0 Å². The van der Waals surface area contributed by atoms with Crippen LogP contribution in [0.25, 0.3) is 0 Å². The van der Waals surface area contributed by atoms with Crippen LogP contribution in [0.3, 0.4) is 0 Å². The summed E-state index contributed by atoms with van der Waals surface area (Å²) in [6.07, 6.45) is 12.4. The van der Waals surface area contributed by atoms with Crippen molar-refractivity contribution in [3.63, 3.8) is 0 Å². The third-order valence-electron chi connectivity index (χ3n) is 4.21. The molecule has 2 saturated carbocycles. The lowest BCUT2D eigenvalue weighted by atomic mass is 9.96. The van der Waals surface area contributed by atoms with Gasteiger partial charge in [-0.2, -0.15) is 0 Å². The lowest BCUT2D eigenvalue weighted by Gasteiger charge is -2.24. The maximum absolute atomic E-state index is 11.5. The highest BCUT2D eigenvalue weighted by Crippen LogP contribution is 2.38. The molecule has 2 nitrogen and oxygen atoms in total. The Morgan fingerprint density at radius 2 is 1.47 bits per heavy atom. The SMILES string of the molecule is O=C(O)C(SC1CCCC1)C1CCCCCC1. The van der Waals surface area contributed by atoms with Crippen molar-refractivity contribution in [3.05, 3.63) is 0 Å². The maximum Gasteiger partial charge on any atom is 0.316 e. The molecule has 1 unspecified atom stereocenters. The summed E-state index contributed by atoms with van der Waals surface area (Å²) in [4.78, 5) is 11.5. The first-order valence-electron chi connectivity index (χ1n) is 7.15. The molecule has 2 fully saturated rings. The maximum atomic E-state index is 11.5. The van der Waals surface area contributed by atoms with E-state index in [2.05, 4.69) is 0 Å². The Balaban J connectivity index is 1.92. The molecule has 98 valence electrons. The van der Waals surface area contributed by atoms with E-state index in [9.17, 15) is 9.90 Å². The number of hydrogen-bond donors (Lipinski definition) is 1. The number of hydrogen-bond acceptors (Lipinski definition) is 2. The highest BCUT2D eigenvalue weighted by Gasteiger charge is 2.32. The van der Waals surface area contributed by atoms with Crippen LogP contribution in [-0.2, 0) is 4.79 Å². The van der Waals surface area contributed by atoms with Crippen molar-refractivity contribution in [1.29, 1.82) is 0 Å². The largest absolute Gasteiger partial charge is 0.480 e. The summed E-state index contributed by atoms with van der Waals surface area (Å²) < 4.78 is 0. The summed E-state index contributed by atoms with van der Waals surface area (Å²) >= 11 is 1.78. The zero-order valence-corrected chi connectivity index (χ0v) is 11.4. The van der Waals surface area contributed by atoms with Crippen molar-refractivity contribution < 1.29 is 9.90 Å². The Morgan fingerprint density at radius 3 is 2.00 bits per heavy atom. The molecular weight excluding hydrogens is 232 g/mol. The number of thioether (sulfide) groups is 1. The van der Waals surface area contributed by atoms with Crippen LogP contribution in [0.4, 0.5) is 0 Å². The monoisotopic (exact) mass is 256 g/mol. The second-order valence-electron chi connectivity index (χ2n) is 5.55. The van der Waals surface area contributed by atoms with E-state index in [1.165, 1.54) is 51.4 Å². The fourth-order valence-electron chi connectivity index (χ4n) is 3.22. The minimum atomic E-state index is -0.561. The van der Waals surface area contributed by atoms with Gasteiger partial charge in [-0.1, -0.05) is 38.5 Å². The molecule has 17 heavy (non-hydrogen) atoms. The molecule has 0 saturated heterocycles. The van der Waals surface area contributed by atoms with Crippen LogP contribution in [0.15, 0.2) is 0 Å². The fraction of sp³-hybridized carbons (Fsp3) is 0.929. The van der Waals surface area contributed by atoms with Crippen LogP contribution in [-0.4, -0.2) is 21.6 Å². The number of carboxylic acids is 1. The van der Waals surface area contributed by atoms with Crippen molar-refractivity contribution in [2.75, 3.05) is 0 Å². The topological polar surface area (TPSA) is 37.3 Å². The van der Waals surface area contributed by atoms with E-state index < -0.39 is 5.97 Å². The van der Waals surface area contributed by atoms with Gasteiger partial charge in [-0.3, -0.25) is 4.79 Å². The van der Waals surface area contributed by atoms with E-state index in [0.717, 1.165) is 12.8 Å². The normalized spacial score (nSPS) is 25.6. The summed E-state index contributed by atoms with van der Waals surface area (Å²) in [5, 5.41) is 9.95. The lowest BCUT2D eigenvalue weighted by molar-refractivity contribution is -0.137.